The minimum absolute atomic E-state index is 0.0441. The van der Waals surface area contributed by atoms with Gasteiger partial charge in [-0.05, 0) is 38.6 Å². The summed E-state index contributed by atoms with van der Waals surface area (Å²) in [4.78, 5) is 0. The summed E-state index contributed by atoms with van der Waals surface area (Å²) in [5.41, 5.74) is -0.0441. The smallest absolute Gasteiger partial charge is 0.153 e. The lowest BCUT2D eigenvalue weighted by Crippen LogP contribution is -2.40. The first-order valence-corrected chi connectivity index (χ1v) is 7.64. The standard InChI is InChI=1S/C11H21NO3S/c1-11(8-15-2)6-9(7-12-11)10-4-3-5-16(10,13)14/h9-10,12H,3-8H2,1-2H3. The van der Waals surface area contributed by atoms with Crippen LogP contribution >= 0.6 is 0 Å². The maximum absolute atomic E-state index is 11.9. The zero-order valence-corrected chi connectivity index (χ0v) is 10.8. The van der Waals surface area contributed by atoms with Gasteiger partial charge in [-0.15, -0.1) is 0 Å². The summed E-state index contributed by atoms with van der Waals surface area (Å²) in [7, 11) is -1.13. The molecule has 94 valence electrons. The Morgan fingerprint density at radius 1 is 1.50 bits per heavy atom. The molecule has 0 amide bonds. The summed E-state index contributed by atoms with van der Waals surface area (Å²) in [5.74, 6) is 0.655. The third kappa shape index (κ3) is 2.26. The number of hydrogen-bond donors (Lipinski definition) is 1. The van der Waals surface area contributed by atoms with Crippen LogP contribution < -0.4 is 5.32 Å². The molecule has 2 fully saturated rings. The van der Waals surface area contributed by atoms with Crippen molar-refractivity contribution in [3.05, 3.63) is 0 Å². The number of sulfone groups is 1. The highest BCUT2D eigenvalue weighted by atomic mass is 32.2. The molecule has 0 bridgehead atoms. The lowest BCUT2D eigenvalue weighted by atomic mass is 9.92. The van der Waals surface area contributed by atoms with E-state index in [4.69, 9.17) is 4.74 Å². The first kappa shape index (κ1) is 12.3. The highest BCUT2D eigenvalue weighted by Crippen LogP contribution is 2.35. The second-order valence-corrected chi connectivity index (χ2v) is 7.73. The summed E-state index contributed by atoms with van der Waals surface area (Å²) < 4.78 is 28.9. The van der Waals surface area contributed by atoms with Crippen molar-refractivity contribution in [2.45, 2.75) is 37.0 Å². The summed E-state index contributed by atoms with van der Waals surface area (Å²) in [6.07, 6.45) is 2.59. The van der Waals surface area contributed by atoms with Crippen LogP contribution in [0.1, 0.15) is 26.2 Å². The van der Waals surface area contributed by atoms with E-state index in [-0.39, 0.29) is 16.7 Å². The minimum Gasteiger partial charge on any atom is -0.383 e. The quantitative estimate of drug-likeness (QED) is 0.792. The number of methoxy groups -OCH3 is 1. The normalized spacial score (nSPS) is 42.6. The van der Waals surface area contributed by atoms with E-state index in [9.17, 15) is 8.42 Å². The Hall–Kier alpha value is -0.130. The molecule has 0 aromatic carbocycles. The van der Waals surface area contributed by atoms with E-state index in [2.05, 4.69) is 12.2 Å². The molecule has 0 aromatic heterocycles. The number of hydrogen-bond acceptors (Lipinski definition) is 4. The van der Waals surface area contributed by atoms with Gasteiger partial charge in [0.1, 0.15) is 0 Å². The molecule has 5 heteroatoms. The van der Waals surface area contributed by atoms with Crippen molar-refractivity contribution in [2.24, 2.45) is 5.92 Å². The van der Waals surface area contributed by atoms with Gasteiger partial charge in [-0.25, -0.2) is 8.42 Å². The third-order valence-corrected chi connectivity index (χ3v) is 6.27. The summed E-state index contributed by atoms with van der Waals surface area (Å²) >= 11 is 0. The van der Waals surface area contributed by atoms with E-state index < -0.39 is 9.84 Å². The zero-order chi connectivity index (χ0) is 11.8. The monoisotopic (exact) mass is 247 g/mol. The van der Waals surface area contributed by atoms with E-state index >= 15 is 0 Å². The van der Waals surface area contributed by atoms with Crippen LogP contribution in [0.3, 0.4) is 0 Å². The van der Waals surface area contributed by atoms with Gasteiger partial charge >= 0.3 is 0 Å². The Morgan fingerprint density at radius 2 is 2.25 bits per heavy atom. The van der Waals surface area contributed by atoms with E-state index in [0.29, 0.717) is 12.4 Å². The third-order valence-electron chi connectivity index (χ3n) is 3.87. The molecular weight excluding hydrogens is 226 g/mol. The molecule has 0 saturated carbocycles. The molecule has 16 heavy (non-hydrogen) atoms. The van der Waals surface area contributed by atoms with E-state index in [1.165, 1.54) is 0 Å². The Kier molecular flexibility index (Phi) is 3.29. The predicted octanol–water partition coefficient (Wildman–Crippen LogP) is 0.578. The fourth-order valence-electron chi connectivity index (χ4n) is 3.14. The van der Waals surface area contributed by atoms with Crippen molar-refractivity contribution < 1.29 is 13.2 Å². The zero-order valence-electron chi connectivity index (χ0n) is 10.0. The van der Waals surface area contributed by atoms with Crippen LogP contribution in [0.2, 0.25) is 0 Å². The molecule has 3 unspecified atom stereocenters. The molecule has 0 aromatic rings. The van der Waals surface area contributed by atoms with Gasteiger partial charge in [0.05, 0.1) is 17.6 Å². The molecule has 2 heterocycles. The Balaban J connectivity index is 2.04. The Labute approximate surface area is 97.7 Å². The van der Waals surface area contributed by atoms with Crippen molar-refractivity contribution in [3.63, 3.8) is 0 Å². The van der Waals surface area contributed by atoms with Gasteiger partial charge in [0.2, 0.25) is 0 Å². The molecule has 4 nitrogen and oxygen atoms in total. The van der Waals surface area contributed by atoms with Crippen molar-refractivity contribution >= 4 is 9.84 Å². The van der Waals surface area contributed by atoms with Crippen molar-refractivity contribution in [1.29, 1.82) is 0 Å². The van der Waals surface area contributed by atoms with Crippen LogP contribution in [0.4, 0.5) is 0 Å². The van der Waals surface area contributed by atoms with Crippen LogP contribution in [0.25, 0.3) is 0 Å². The molecule has 0 spiro atoms. The van der Waals surface area contributed by atoms with E-state index in [1.807, 2.05) is 0 Å². The SMILES string of the molecule is COCC1(C)CC(C2CCCS2(=O)=O)CN1. The highest BCUT2D eigenvalue weighted by Gasteiger charge is 2.44. The number of nitrogens with one attached hydrogen (secondary N) is 1. The number of rotatable bonds is 3. The average Bonchev–Trinajstić information content (AvgIpc) is 2.70. The molecule has 0 aliphatic carbocycles. The minimum atomic E-state index is -2.82. The van der Waals surface area contributed by atoms with Gasteiger partial charge < -0.3 is 10.1 Å². The lowest BCUT2D eigenvalue weighted by molar-refractivity contribution is 0.128. The van der Waals surface area contributed by atoms with Gasteiger partial charge in [0.15, 0.2) is 9.84 Å². The molecule has 1 N–H and O–H groups in total. The second kappa shape index (κ2) is 4.27. The van der Waals surface area contributed by atoms with E-state index in [0.717, 1.165) is 25.8 Å². The average molecular weight is 247 g/mol. The molecule has 3 atom stereocenters. The lowest BCUT2D eigenvalue weighted by Gasteiger charge is -2.24. The fourth-order valence-corrected chi connectivity index (χ4v) is 5.31. The van der Waals surface area contributed by atoms with Gasteiger partial charge in [-0.3, -0.25) is 0 Å². The van der Waals surface area contributed by atoms with Crippen molar-refractivity contribution in [2.75, 3.05) is 26.0 Å². The van der Waals surface area contributed by atoms with Crippen LogP contribution in [0, 0.1) is 5.92 Å². The Bertz CT molecular complexity index is 354. The van der Waals surface area contributed by atoms with Crippen LogP contribution in [-0.2, 0) is 14.6 Å². The molecule has 2 rings (SSSR count). The first-order valence-electron chi connectivity index (χ1n) is 5.92. The molecule has 0 radical (unpaired) electrons. The summed E-state index contributed by atoms with van der Waals surface area (Å²) in [5, 5.41) is 3.30. The summed E-state index contributed by atoms with van der Waals surface area (Å²) in [6.45, 7) is 3.57. The van der Waals surface area contributed by atoms with E-state index in [1.54, 1.807) is 7.11 Å². The predicted molar refractivity (Wildman–Crippen MR) is 63.2 cm³/mol. The van der Waals surface area contributed by atoms with Crippen LogP contribution in [0.5, 0.6) is 0 Å². The summed E-state index contributed by atoms with van der Waals surface area (Å²) in [6, 6.07) is 0. The number of ether oxygens (including phenoxy) is 1. The second-order valence-electron chi connectivity index (χ2n) is 5.39. The largest absolute Gasteiger partial charge is 0.383 e. The van der Waals surface area contributed by atoms with Crippen LogP contribution in [-0.4, -0.2) is 45.2 Å². The first-order chi connectivity index (χ1) is 7.47. The molecular formula is C11H21NO3S. The molecule has 2 aliphatic rings. The van der Waals surface area contributed by atoms with Crippen molar-refractivity contribution in [1.82, 2.24) is 5.32 Å². The maximum Gasteiger partial charge on any atom is 0.153 e. The van der Waals surface area contributed by atoms with Gasteiger partial charge in [-0.1, -0.05) is 0 Å². The molecule has 2 aliphatic heterocycles. The molecule has 2 saturated heterocycles. The Morgan fingerprint density at radius 3 is 2.81 bits per heavy atom. The van der Waals surface area contributed by atoms with Gasteiger partial charge in [0, 0.05) is 12.6 Å². The van der Waals surface area contributed by atoms with Gasteiger partial charge in [-0.2, -0.15) is 0 Å². The highest BCUT2D eigenvalue weighted by molar-refractivity contribution is 7.92. The fraction of sp³-hybridized carbons (Fsp3) is 1.00. The van der Waals surface area contributed by atoms with Gasteiger partial charge in [0.25, 0.3) is 0 Å². The topological polar surface area (TPSA) is 55.4 Å². The van der Waals surface area contributed by atoms with Crippen LogP contribution in [0.15, 0.2) is 0 Å². The maximum atomic E-state index is 11.9. The van der Waals surface area contributed by atoms with Crippen molar-refractivity contribution in [3.8, 4) is 0 Å².